The lowest BCUT2D eigenvalue weighted by Crippen LogP contribution is -2.13. The smallest absolute Gasteiger partial charge is 0.0708 e. The average Bonchev–Trinajstić information content (AvgIpc) is 2.09. The van der Waals surface area contributed by atoms with Crippen LogP contribution in [0.3, 0.4) is 0 Å². The Kier molecular flexibility index (Phi) is 2.29. The fraction of sp³-hybridized carbons (Fsp3) is 0.625. The van der Waals surface area contributed by atoms with E-state index < -0.39 is 0 Å². The fourth-order valence-corrected chi connectivity index (χ4v) is 1.11. The van der Waals surface area contributed by atoms with Gasteiger partial charge in [0.2, 0.25) is 0 Å². The van der Waals surface area contributed by atoms with Gasteiger partial charge < -0.3 is 5.11 Å². The molecule has 62 valence electrons. The SMILES string of the molecule is Cc1cc(C)n(C[C@@H](C)O)n1. The summed E-state index contributed by atoms with van der Waals surface area (Å²) >= 11 is 0. The van der Waals surface area contributed by atoms with Crippen LogP contribution in [0.5, 0.6) is 0 Å². The van der Waals surface area contributed by atoms with Crippen molar-refractivity contribution in [2.45, 2.75) is 33.4 Å². The molecule has 1 heterocycles. The van der Waals surface area contributed by atoms with E-state index in [1.165, 1.54) is 0 Å². The van der Waals surface area contributed by atoms with E-state index in [-0.39, 0.29) is 6.10 Å². The van der Waals surface area contributed by atoms with Crippen LogP contribution < -0.4 is 0 Å². The third kappa shape index (κ3) is 2.05. The minimum atomic E-state index is -0.326. The molecule has 11 heavy (non-hydrogen) atoms. The Bertz CT molecular complexity index is 240. The first kappa shape index (κ1) is 8.27. The number of hydrogen-bond donors (Lipinski definition) is 1. The van der Waals surface area contributed by atoms with Gasteiger partial charge in [0.15, 0.2) is 0 Å². The molecule has 0 aromatic carbocycles. The lowest BCUT2D eigenvalue weighted by atomic mass is 10.4. The standard InChI is InChI=1S/C8H14N2O/c1-6-4-7(2)10(9-6)5-8(3)11/h4,8,11H,5H2,1-3H3/t8-/m1/s1. The second kappa shape index (κ2) is 3.05. The van der Waals surface area contributed by atoms with Crippen LogP contribution in [0.2, 0.25) is 0 Å². The van der Waals surface area contributed by atoms with E-state index in [0.29, 0.717) is 6.54 Å². The van der Waals surface area contributed by atoms with Crippen LogP contribution in [0.25, 0.3) is 0 Å². The molecule has 0 aliphatic rings. The predicted molar refractivity (Wildman–Crippen MR) is 43.4 cm³/mol. The van der Waals surface area contributed by atoms with Gasteiger partial charge in [-0.25, -0.2) is 0 Å². The van der Waals surface area contributed by atoms with Gasteiger partial charge in [-0.05, 0) is 26.8 Å². The molecule has 1 aromatic heterocycles. The van der Waals surface area contributed by atoms with Crippen molar-refractivity contribution in [2.75, 3.05) is 0 Å². The summed E-state index contributed by atoms with van der Waals surface area (Å²) in [7, 11) is 0. The average molecular weight is 154 g/mol. The number of aliphatic hydroxyl groups excluding tert-OH is 1. The Morgan fingerprint density at radius 1 is 1.64 bits per heavy atom. The largest absolute Gasteiger partial charge is 0.391 e. The molecule has 0 fully saturated rings. The molecule has 0 saturated carbocycles. The molecule has 0 bridgehead atoms. The molecule has 1 atom stereocenters. The molecule has 0 radical (unpaired) electrons. The normalized spacial score (nSPS) is 13.5. The van der Waals surface area contributed by atoms with E-state index in [9.17, 15) is 0 Å². The summed E-state index contributed by atoms with van der Waals surface area (Å²) in [5.41, 5.74) is 2.10. The summed E-state index contributed by atoms with van der Waals surface area (Å²) in [5, 5.41) is 13.3. The molecule has 1 rings (SSSR count). The van der Waals surface area contributed by atoms with Gasteiger partial charge in [-0.3, -0.25) is 4.68 Å². The molecule has 0 amide bonds. The van der Waals surface area contributed by atoms with Crippen molar-refractivity contribution in [2.24, 2.45) is 0 Å². The lowest BCUT2D eigenvalue weighted by molar-refractivity contribution is 0.167. The molecule has 1 aromatic rings. The van der Waals surface area contributed by atoms with Crippen LogP contribution >= 0.6 is 0 Å². The zero-order valence-electron chi connectivity index (χ0n) is 7.20. The van der Waals surface area contributed by atoms with Crippen LogP contribution in [-0.2, 0) is 6.54 Å². The van der Waals surface area contributed by atoms with Crippen molar-refractivity contribution < 1.29 is 5.11 Å². The van der Waals surface area contributed by atoms with Gasteiger partial charge in [-0.15, -0.1) is 0 Å². The monoisotopic (exact) mass is 154 g/mol. The Morgan fingerprint density at radius 2 is 2.27 bits per heavy atom. The topological polar surface area (TPSA) is 38.0 Å². The van der Waals surface area contributed by atoms with Crippen LogP contribution in [0.4, 0.5) is 0 Å². The van der Waals surface area contributed by atoms with Gasteiger partial charge in [0.1, 0.15) is 0 Å². The summed E-state index contributed by atoms with van der Waals surface area (Å²) in [4.78, 5) is 0. The first-order valence-electron chi connectivity index (χ1n) is 3.78. The maximum atomic E-state index is 9.08. The number of aryl methyl sites for hydroxylation is 2. The third-order valence-corrected chi connectivity index (χ3v) is 1.54. The molecule has 3 heteroatoms. The van der Waals surface area contributed by atoms with Crippen molar-refractivity contribution >= 4 is 0 Å². The summed E-state index contributed by atoms with van der Waals surface area (Å²) in [6, 6.07) is 2.00. The molecular formula is C8H14N2O. The highest BCUT2D eigenvalue weighted by atomic mass is 16.3. The van der Waals surface area contributed by atoms with Crippen molar-refractivity contribution in [1.29, 1.82) is 0 Å². The van der Waals surface area contributed by atoms with E-state index in [4.69, 9.17) is 5.11 Å². The van der Waals surface area contributed by atoms with Gasteiger partial charge in [0.05, 0.1) is 18.3 Å². The van der Waals surface area contributed by atoms with Gasteiger partial charge in [-0.2, -0.15) is 5.10 Å². The number of aliphatic hydroxyl groups is 1. The van der Waals surface area contributed by atoms with E-state index >= 15 is 0 Å². The lowest BCUT2D eigenvalue weighted by Gasteiger charge is -2.05. The van der Waals surface area contributed by atoms with Crippen molar-refractivity contribution in [3.05, 3.63) is 17.5 Å². The number of hydrogen-bond acceptors (Lipinski definition) is 2. The van der Waals surface area contributed by atoms with Gasteiger partial charge in [0.25, 0.3) is 0 Å². The zero-order valence-corrected chi connectivity index (χ0v) is 7.20. The van der Waals surface area contributed by atoms with Crippen LogP contribution in [-0.4, -0.2) is 21.0 Å². The third-order valence-electron chi connectivity index (χ3n) is 1.54. The predicted octanol–water partition coefficient (Wildman–Crippen LogP) is 0.881. The molecule has 0 aliphatic heterocycles. The Labute approximate surface area is 66.7 Å². The highest BCUT2D eigenvalue weighted by Gasteiger charge is 2.02. The summed E-state index contributed by atoms with van der Waals surface area (Å²) in [5.74, 6) is 0. The molecule has 0 unspecified atom stereocenters. The molecule has 0 saturated heterocycles. The maximum absolute atomic E-state index is 9.08. The van der Waals surface area contributed by atoms with Gasteiger partial charge in [-0.1, -0.05) is 0 Å². The van der Waals surface area contributed by atoms with Gasteiger partial charge >= 0.3 is 0 Å². The Hall–Kier alpha value is -0.830. The minimum Gasteiger partial charge on any atom is -0.391 e. The van der Waals surface area contributed by atoms with Crippen molar-refractivity contribution in [1.82, 2.24) is 9.78 Å². The first-order chi connectivity index (χ1) is 5.09. The number of nitrogens with zero attached hydrogens (tertiary/aromatic N) is 2. The maximum Gasteiger partial charge on any atom is 0.0708 e. The fourth-order valence-electron chi connectivity index (χ4n) is 1.11. The highest BCUT2D eigenvalue weighted by Crippen LogP contribution is 2.02. The quantitative estimate of drug-likeness (QED) is 0.686. The van der Waals surface area contributed by atoms with E-state index in [1.54, 1.807) is 6.92 Å². The molecule has 0 aliphatic carbocycles. The Balaban J connectivity index is 2.77. The molecule has 0 spiro atoms. The van der Waals surface area contributed by atoms with E-state index in [1.807, 2.05) is 24.6 Å². The van der Waals surface area contributed by atoms with E-state index in [0.717, 1.165) is 11.4 Å². The number of aromatic nitrogens is 2. The molecule has 3 nitrogen and oxygen atoms in total. The second-order valence-electron chi connectivity index (χ2n) is 2.96. The Morgan fingerprint density at radius 3 is 2.64 bits per heavy atom. The molecular weight excluding hydrogens is 140 g/mol. The van der Waals surface area contributed by atoms with Crippen LogP contribution in [0.15, 0.2) is 6.07 Å². The zero-order chi connectivity index (χ0) is 8.43. The first-order valence-corrected chi connectivity index (χ1v) is 3.78. The second-order valence-corrected chi connectivity index (χ2v) is 2.96. The highest BCUT2D eigenvalue weighted by molar-refractivity contribution is 5.06. The summed E-state index contributed by atoms with van der Waals surface area (Å²) < 4.78 is 1.82. The van der Waals surface area contributed by atoms with E-state index in [2.05, 4.69) is 5.10 Å². The van der Waals surface area contributed by atoms with Crippen LogP contribution in [0, 0.1) is 13.8 Å². The van der Waals surface area contributed by atoms with Crippen molar-refractivity contribution in [3.8, 4) is 0 Å². The van der Waals surface area contributed by atoms with Crippen LogP contribution in [0.1, 0.15) is 18.3 Å². The summed E-state index contributed by atoms with van der Waals surface area (Å²) in [6.45, 7) is 6.28. The van der Waals surface area contributed by atoms with Gasteiger partial charge in [0, 0.05) is 5.69 Å². The number of rotatable bonds is 2. The molecule has 1 N–H and O–H groups in total. The van der Waals surface area contributed by atoms with Crippen molar-refractivity contribution in [3.63, 3.8) is 0 Å². The summed E-state index contributed by atoms with van der Waals surface area (Å²) in [6.07, 6.45) is -0.326. The minimum absolute atomic E-state index is 0.326.